The molecule has 1 aromatic heterocycles. The number of hydrogen-bond donors (Lipinski definition) is 1. The second kappa shape index (κ2) is 4.62. The summed E-state index contributed by atoms with van der Waals surface area (Å²) in [4.78, 5) is 4.07. The number of anilines is 1. The normalized spacial score (nSPS) is 25.5. The Balaban J connectivity index is 1.90. The third kappa shape index (κ3) is 2.48. The van der Waals surface area contributed by atoms with E-state index in [1.807, 2.05) is 18.5 Å². The Bertz CT molecular complexity index is 327. The number of nitrogens with one attached hydrogen (secondary N) is 1. The van der Waals surface area contributed by atoms with E-state index in [-0.39, 0.29) is 0 Å². The molecule has 1 fully saturated rings. The van der Waals surface area contributed by atoms with Crippen LogP contribution in [-0.2, 0) is 4.74 Å². The van der Waals surface area contributed by atoms with Crippen LogP contribution in [0, 0.1) is 12.8 Å². The first-order chi connectivity index (χ1) is 7.27. The zero-order chi connectivity index (χ0) is 10.7. The summed E-state index contributed by atoms with van der Waals surface area (Å²) in [5.74, 6) is 0.637. The predicted molar refractivity (Wildman–Crippen MR) is 61.0 cm³/mol. The highest BCUT2D eigenvalue weighted by Crippen LogP contribution is 2.21. The van der Waals surface area contributed by atoms with Gasteiger partial charge >= 0.3 is 0 Å². The van der Waals surface area contributed by atoms with Crippen LogP contribution in [0.5, 0.6) is 0 Å². The number of aromatic nitrogens is 1. The zero-order valence-electron chi connectivity index (χ0n) is 9.36. The molecule has 2 atom stereocenters. The van der Waals surface area contributed by atoms with E-state index in [0.717, 1.165) is 19.6 Å². The molecule has 3 heteroatoms. The van der Waals surface area contributed by atoms with E-state index in [4.69, 9.17) is 4.74 Å². The summed E-state index contributed by atoms with van der Waals surface area (Å²) in [6.45, 7) is 6.12. The summed E-state index contributed by atoms with van der Waals surface area (Å²) in [5.41, 5.74) is 2.38. The van der Waals surface area contributed by atoms with E-state index < -0.39 is 0 Å². The smallest absolute Gasteiger partial charge is 0.0592 e. The molecule has 0 radical (unpaired) electrons. The Labute approximate surface area is 90.9 Å². The van der Waals surface area contributed by atoms with Crippen LogP contribution in [-0.4, -0.2) is 24.2 Å². The van der Waals surface area contributed by atoms with E-state index in [2.05, 4.69) is 24.1 Å². The fourth-order valence-corrected chi connectivity index (χ4v) is 1.96. The number of nitrogens with zero attached hydrogens (tertiary/aromatic N) is 1. The van der Waals surface area contributed by atoms with Crippen LogP contribution < -0.4 is 5.32 Å². The van der Waals surface area contributed by atoms with Gasteiger partial charge in [-0.3, -0.25) is 4.98 Å². The molecule has 0 amide bonds. The lowest BCUT2D eigenvalue weighted by Gasteiger charge is -2.16. The molecular weight excluding hydrogens is 188 g/mol. The summed E-state index contributed by atoms with van der Waals surface area (Å²) < 4.78 is 5.53. The minimum atomic E-state index is 0.389. The van der Waals surface area contributed by atoms with Crippen molar-refractivity contribution in [2.45, 2.75) is 26.4 Å². The fourth-order valence-electron chi connectivity index (χ4n) is 1.96. The highest BCUT2D eigenvalue weighted by atomic mass is 16.5. The van der Waals surface area contributed by atoms with Crippen molar-refractivity contribution in [1.82, 2.24) is 4.98 Å². The van der Waals surface area contributed by atoms with Gasteiger partial charge in [0.05, 0.1) is 6.10 Å². The van der Waals surface area contributed by atoms with Gasteiger partial charge in [-0.1, -0.05) is 0 Å². The van der Waals surface area contributed by atoms with Crippen molar-refractivity contribution >= 4 is 5.69 Å². The first kappa shape index (κ1) is 10.4. The Morgan fingerprint density at radius 1 is 1.60 bits per heavy atom. The van der Waals surface area contributed by atoms with Crippen molar-refractivity contribution in [1.29, 1.82) is 0 Å². The van der Waals surface area contributed by atoms with Gasteiger partial charge in [-0.2, -0.15) is 0 Å². The lowest BCUT2D eigenvalue weighted by molar-refractivity contribution is 0.108. The maximum atomic E-state index is 5.53. The topological polar surface area (TPSA) is 34.2 Å². The van der Waals surface area contributed by atoms with E-state index >= 15 is 0 Å². The third-order valence-corrected chi connectivity index (χ3v) is 3.11. The van der Waals surface area contributed by atoms with Crippen molar-refractivity contribution in [2.24, 2.45) is 5.92 Å². The molecule has 3 nitrogen and oxygen atoms in total. The predicted octanol–water partition coefficient (Wildman–Crippen LogP) is 2.23. The second-order valence-corrected chi connectivity index (χ2v) is 4.20. The Hall–Kier alpha value is -1.09. The molecular formula is C12H18N2O. The summed E-state index contributed by atoms with van der Waals surface area (Å²) in [7, 11) is 0. The largest absolute Gasteiger partial charge is 0.384 e. The monoisotopic (exact) mass is 206 g/mol. The van der Waals surface area contributed by atoms with Crippen LogP contribution in [0.25, 0.3) is 0 Å². The van der Waals surface area contributed by atoms with Crippen molar-refractivity contribution in [3.63, 3.8) is 0 Å². The van der Waals surface area contributed by atoms with Gasteiger partial charge in [0.15, 0.2) is 0 Å². The lowest BCUT2D eigenvalue weighted by atomic mass is 10.0. The van der Waals surface area contributed by atoms with Gasteiger partial charge in [0.25, 0.3) is 0 Å². The summed E-state index contributed by atoms with van der Waals surface area (Å²) >= 11 is 0. The molecule has 2 rings (SSSR count). The third-order valence-electron chi connectivity index (χ3n) is 3.11. The van der Waals surface area contributed by atoms with Gasteiger partial charge in [-0.15, -0.1) is 0 Å². The van der Waals surface area contributed by atoms with Crippen molar-refractivity contribution in [2.75, 3.05) is 18.5 Å². The van der Waals surface area contributed by atoms with Gasteiger partial charge in [0.1, 0.15) is 0 Å². The maximum Gasteiger partial charge on any atom is 0.0592 e. The summed E-state index contributed by atoms with van der Waals surface area (Å²) in [6, 6.07) is 2.02. The number of hydrogen-bond acceptors (Lipinski definition) is 3. The number of rotatable bonds is 3. The van der Waals surface area contributed by atoms with E-state index in [9.17, 15) is 0 Å². The molecule has 82 valence electrons. The van der Waals surface area contributed by atoms with Gasteiger partial charge in [-0.25, -0.2) is 0 Å². The Morgan fingerprint density at radius 2 is 2.47 bits per heavy atom. The highest BCUT2D eigenvalue weighted by Gasteiger charge is 2.23. The first-order valence-corrected chi connectivity index (χ1v) is 5.53. The van der Waals surface area contributed by atoms with E-state index in [0.29, 0.717) is 12.0 Å². The fraction of sp³-hybridized carbons (Fsp3) is 0.583. The van der Waals surface area contributed by atoms with Crippen LogP contribution in [0.4, 0.5) is 5.69 Å². The molecule has 0 aromatic carbocycles. The minimum Gasteiger partial charge on any atom is -0.384 e. The molecule has 0 saturated carbocycles. The zero-order valence-corrected chi connectivity index (χ0v) is 9.36. The minimum absolute atomic E-state index is 0.389. The number of aryl methyl sites for hydroxylation is 1. The molecule has 1 aliphatic rings. The molecule has 1 saturated heterocycles. The van der Waals surface area contributed by atoms with Crippen LogP contribution >= 0.6 is 0 Å². The molecule has 0 spiro atoms. The van der Waals surface area contributed by atoms with Gasteiger partial charge in [0, 0.05) is 37.2 Å². The molecule has 0 aliphatic carbocycles. The standard InChI is InChI=1S/C12H18N2O/c1-9-7-13-5-3-12(9)14-8-11-4-6-15-10(11)2/h3,5,7,10-11H,4,6,8H2,1-2H3,(H,13,14). The summed E-state index contributed by atoms with van der Waals surface area (Å²) in [6.07, 6.45) is 5.26. The van der Waals surface area contributed by atoms with Crippen LogP contribution in [0.15, 0.2) is 18.5 Å². The van der Waals surface area contributed by atoms with Crippen LogP contribution in [0.3, 0.4) is 0 Å². The van der Waals surface area contributed by atoms with Crippen LogP contribution in [0.2, 0.25) is 0 Å². The van der Waals surface area contributed by atoms with Crippen molar-refractivity contribution in [3.05, 3.63) is 24.0 Å². The number of pyridine rings is 1. The average Bonchev–Trinajstić information content (AvgIpc) is 2.63. The van der Waals surface area contributed by atoms with Gasteiger partial charge < -0.3 is 10.1 Å². The van der Waals surface area contributed by atoms with Crippen molar-refractivity contribution < 1.29 is 4.74 Å². The molecule has 1 N–H and O–H groups in total. The Kier molecular flexibility index (Phi) is 3.21. The van der Waals surface area contributed by atoms with Gasteiger partial charge in [0.2, 0.25) is 0 Å². The summed E-state index contributed by atoms with van der Waals surface area (Å²) in [5, 5.41) is 3.47. The first-order valence-electron chi connectivity index (χ1n) is 5.53. The molecule has 1 aliphatic heterocycles. The Morgan fingerprint density at radius 3 is 3.13 bits per heavy atom. The van der Waals surface area contributed by atoms with E-state index in [1.54, 1.807) is 0 Å². The quantitative estimate of drug-likeness (QED) is 0.823. The molecule has 0 bridgehead atoms. The van der Waals surface area contributed by atoms with Crippen molar-refractivity contribution in [3.8, 4) is 0 Å². The average molecular weight is 206 g/mol. The lowest BCUT2D eigenvalue weighted by Crippen LogP contribution is -2.21. The molecule has 2 unspecified atom stereocenters. The van der Waals surface area contributed by atoms with E-state index in [1.165, 1.54) is 11.3 Å². The second-order valence-electron chi connectivity index (χ2n) is 4.20. The molecule has 2 heterocycles. The SMILES string of the molecule is Cc1cnccc1NCC1CCOC1C. The molecule has 1 aromatic rings. The number of ether oxygens (including phenoxy) is 1. The maximum absolute atomic E-state index is 5.53. The highest BCUT2D eigenvalue weighted by molar-refractivity contribution is 5.48. The van der Waals surface area contributed by atoms with Gasteiger partial charge in [-0.05, 0) is 31.9 Å². The molecule has 15 heavy (non-hydrogen) atoms. The van der Waals surface area contributed by atoms with Crippen LogP contribution in [0.1, 0.15) is 18.9 Å².